The van der Waals surface area contributed by atoms with Gasteiger partial charge >= 0.3 is 0 Å². The minimum absolute atomic E-state index is 0.295. The fraction of sp³-hybridized carbons (Fsp3) is 0.211. The van der Waals surface area contributed by atoms with E-state index >= 15 is 0 Å². The number of nitrogens with zero attached hydrogens (tertiary/aromatic N) is 2. The molecular formula is C19H17FN2. The monoisotopic (exact) mass is 292 g/mol. The molecule has 0 saturated carbocycles. The molecular weight excluding hydrogens is 275 g/mol. The van der Waals surface area contributed by atoms with Gasteiger partial charge in [0, 0.05) is 18.8 Å². The normalized spacial score (nSPS) is 14.9. The summed E-state index contributed by atoms with van der Waals surface area (Å²) < 4.78 is 13.0. The second-order valence-corrected chi connectivity index (χ2v) is 5.46. The molecule has 2 aromatic carbocycles. The first-order valence-electron chi connectivity index (χ1n) is 7.49. The van der Waals surface area contributed by atoms with Gasteiger partial charge in [0.15, 0.2) is 0 Å². The Morgan fingerprint density at radius 3 is 2.23 bits per heavy atom. The summed E-state index contributed by atoms with van der Waals surface area (Å²) in [7, 11) is 0. The van der Waals surface area contributed by atoms with Crippen molar-refractivity contribution in [1.82, 2.24) is 0 Å². The van der Waals surface area contributed by atoms with Gasteiger partial charge in [0.25, 0.3) is 0 Å². The van der Waals surface area contributed by atoms with Crippen LogP contribution in [-0.4, -0.2) is 13.1 Å². The van der Waals surface area contributed by atoms with Crippen molar-refractivity contribution in [2.45, 2.75) is 12.8 Å². The van der Waals surface area contributed by atoms with Crippen molar-refractivity contribution in [3.63, 3.8) is 0 Å². The Hall–Kier alpha value is -2.60. The Balaban J connectivity index is 1.83. The van der Waals surface area contributed by atoms with Gasteiger partial charge in [0.05, 0.1) is 11.6 Å². The number of allylic oxidation sites excluding steroid dienone is 1. The highest BCUT2D eigenvalue weighted by atomic mass is 19.1. The molecule has 0 aliphatic carbocycles. The number of anilines is 1. The fourth-order valence-corrected chi connectivity index (χ4v) is 2.73. The summed E-state index contributed by atoms with van der Waals surface area (Å²) in [5, 5.41) is 9.32. The lowest BCUT2D eigenvalue weighted by Gasteiger charge is -2.17. The van der Waals surface area contributed by atoms with E-state index in [0.717, 1.165) is 24.2 Å². The predicted molar refractivity (Wildman–Crippen MR) is 87.8 cm³/mol. The Bertz CT molecular complexity index is 703. The zero-order valence-electron chi connectivity index (χ0n) is 12.3. The Kier molecular flexibility index (Phi) is 4.20. The zero-order chi connectivity index (χ0) is 15.4. The van der Waals surface area contributed by atoms with Gasteiger partial charge in [-0.25, -0.2) is 4.39 Å². The van der Waals surface area contributed by atoms with Crippen LogP contribution in [0.5, 0.6) is 0 Å². The minimum atomic E-state index is -0.295. The highest BCUT2D eigenvalue weighted by Crippen LogP contribution is 2.23. The van der Waals surface area contributed by atoms with E-state index in [1.807, 2.05) is 18.2 Å². The molecule has 1 aliphatic rings. The Morgan fingerprint density at radius 2 is 1.64 bits per heavy atom. The highest BCUT2D eigenvalue weighted by Gasteiger charge is 2.11. The number of halogens is 1. The molecule has 0 aromatic heterocycles. The van der Waals surface area contributed by atoms with E-state index in [9.17, 15) is 9.65 Å². The summed E-state index contributed by atoms with van der Waals surface area (Å²) in [6.45, 7) is 2.24. The van der Waals surface area contributed by atoms with E-state index in [0.29, 0.717) is 5.57 Å². The fourth-order valence-electron chi connectivity index (χ4n) is 2.73. The molecule has 1 aliphatic heterocycles. The standard InChI is InChI=1S/C19H17FN2/c20-18-7-5-16(6-8-18)17(14-21)13-15-3-9-19(10-4-15)22-11-1-2-12-22/h3-10,13H,1-2,11-12H2/b17-13+. The average molecular weight is 292 g/mol. The summed E-state index contributed by atoms with van der Waals surface area (Å²) in [5.74, 6) is -0.295. The molecule has 3 heteroatoms. The van der Waals surface area contributed by atoms with Crippen LogP contribution in [0.4, 0.5) is 10.1 Å². The molecule has 1 fully saturated rings. The minimum Gasteiger partial charge on any atom is -0.372 e. The van der Waals surface area contributed by atoms with E-state index in [1.165, 1.54) is 30.7 Å². The van der Waals surface area contributed by atoms with Crippen molar-refractivity contribution >= 4 is 17.3 Å². The summed E-state index contributed by atoms with van der Waals surface area (Å²) in [6.07, 6.45) is 4.34. The molecule has 2 aromatic rings. The summed E-state index contributed by atoms with van der Waals surface area (Å²) in [5.41, 5.74) is 3.47. The van der Waals surface area contributed by atoms with Crippen LogP contribution >= 0.6 is 0 Å². The van der Waals surface area contributed by atoms with E-state index in [-0.39, 0.29) is 5.82 Å². The molecule has 0 atom stereocenters. The predicted octanol–water partition coefficient (Wildman–Crippen LogP) is 4.49. The molecule has 1 heterocycles. The van der Waals surface area contributed by atoms with Gasteiger partial charge in [0.2, 0.25) is 0 Å². The summed E-state index contributed by atoms with van der Waals surface area (Å²) in [4.78, 5) is 2.37. The van der Waals surface area contributed by atoms with Crippen molar-refractivity contribution in [1.29, 1.82) is 5.26 Å². The highest BCUT2D eigenvalue weighted by molar-refractivity contribution is 5.89. The summed E-state index contributed by atoms with van der Waals surface area (Å²) in [6, 6.07) is 16.4. The topological polar surface area (TPSA) is 27.0 Å². The van der Waals surface area contributed by atoms with Crippen LogP contribution in [0.25, 0.3) is 11.6 Å². The van der Waals surface area contributed by atoms with Gasteiger partial charge < -0.3 is 4.90 Å². The number of hydrogen-bond acceptors (Lipinski definition) is 2. The first-order chi connectivity index (χ1) is 10.8. The first kappa shape index (κ1) is 14.3. The van der Waals surface area contributed by atoms with Crippen LogP contribution in [-0.2, 0) is 0 Å². The van der Waals surface area contributed by atoms with Gasteiger partial charge in [0.1, 0.15) is 5.82 Å². The molecule has 110 valence electrons. The average Bonchev–Trinajstić information content (AvgIpc) is 3.09. The van der Waals surface area contributed by atoms with Crippen LogP contribution in [0.3, 0.4) is 0 Å². The lowest BCUT2D eigenvalue weighted by Crippen LogP contribution is -2.17. The maximum Gasteiger partial charge on any atom is 0.123 e. The van der Waals surface area contributed by atoms with Crippen LogP contribution < -0.4 is 4.90 Å². The maximum atomic E-state index is 13.0. The van der Waals surface area contributed by atoms with E-state index in [4.69, 9.17) is 0 Å². The first-order valence-corrected chi connectivity index (χ1v) is 7.49. The van der Waals surface area contributed by atoms with Crippen LogP contribution in [0, 0.1) is 17.1 Å². The third-order valence-electron chi connectivity index (χ3n) is 3.95. The zero-order valence-corrected chi connectivity index (χ0v) is 12.3. The van der Waals surface area contributed by atoms with E-state index in [1.54, 1.807) is 12.1 Å². The third-order valence-corrected chi connectivity index (χ3v) is 3.95. The number of benzene rings is 2. The quantitative estimate of drug-likeness (QED) is 0.615. The molecule has 1 saturated heterocycles. The second kappa shape index (κ2) is 6.44. The molecule has 3 rings (SSSR count). The number of hydrogen-bond donors (Lipinski definition) is 0. The smallest absolute Gasteiger partial charge is 0.123 e. The largest absolute Gasteiger partial charge is 0.372 e. The lowest BCUT2D eigenvalue weighted by molar-refractivity contribution is 0.627. The SMILES string of the molecule is N#C/C(=C\c1ccc(N2CCCC2)cc1)c1ccc(F)cc1. The third kappa shape index (κ3) is 3.17. The number of nitriles is 1. The second-order valence-electron chi connectivity index (χ2n) is 5.46. The van der Waals surface area contributed by atoms with Gasteiger partial charge in [-0.2, -0.15) is 5.26 Å². The van der Waals surface area contributed by atoms with E-state index < -0.39 is 0 Å². The molecule has 0 amide bonds. The number of rotatable bonds is 3. The molecule has 2 nitrogen and oxygen atoms in total. The van der Waals surface area contributed by atoms with Gasteiger partial charge in [-0.15, -0.1) is 0 Å². The molecule has 0 N–H and O–H groups in total. The van der Waals surface area contributed by atoms with Gasteiger partial charge in [-0.1, -0.05) is 24.3 Å². The molecule has 22 heavy (non-hydrogen) atoms. The molecule has 0 unspecified atom stereocenters. The Labute approximate surface area is 130 Å². The molecule has 0 spiro atoms. The van der Waals surface area contributed by atoms with Crippen molar-refractivity contribution in [3.8, 4) is 6.07 Å². The van der Waals surface area contributed by atoms with Crippen molar-refractivity contribution < 1.29 is 4.39 Å². The van der Waals surface area contributed by atoms with Crippen LogP contribution in [0.15, 0.2) is 48.5 Å². The van der Waals surface area contributed by atoms with Crippen molar-refractivity contribution in [3.05, 3.63) is 65.5 Å². The maximum absolute atomic E-state index is 13.0. The van der Waals surface area contributed by atoms with Crippen molar-refractivity contribution in [2.75, 3.05) is 18.0 Å². The molecule has 0 bridgehead atoms. The lowest BCUT2D eigenvalue weighted by atomic mass is 10.0. The van der Waals surface area contributed by atoms with Crippen LogP contribution in [0.2, 0.25) is 0 Å². The summed E-state index contributed by atoms with van der Waals surface area (Å²) >= 11 is 0. The van der Waals surface area contributed by atoms with Crippen LogP contribution in [0.1, 0.15) is 24.0 Å². The van der Waals surface area contributed by atoms with E-state index in [2.05, 4.69) is 23.1 Å². The van der Waals surface area contributed by atoms with Crippen molar-refractivity contribution in [2.24, 2.45) is 0 Å². The van der Waals surface area contributed by atoms with Gasteiger partial charge in [-0.05, 0) is 54.3 Å². The Morgan fingerprint density at radius 1 is 1.00 bits per heavy atom. The molecule has 0 radical (unpaired) electrons. The van der Waals surface area contributed by atoms with Gasteiger partial charge in [-0.3, -0.25) is 0 Å².